The van der Waals surface area contributed by atoms with Gasteiger partial charge in [-0.15, -0.1) is 0 Å². The molecule has 5 nitrogen and oxygen atoms in total. The zero-order valence-corrected chi connectivity index (χ0v) is 13.3. The maximum Gasteiger partial charge on any atom is 0.274 e. The number of nitriles is 1. The summed E-state index contributed by atoms with van der Waals surface area (Å²) in [6.07, 6.45) is 2.52. The summed E-state index contributed by atoms with van der Waals surface area (Å²) < 4.78 is 1.80. The molecule has 1 N–H and O–H groups in total. The summed E-state index contributed by atoms with van der Waals surface area (Å²) >= 11 is 1.09. The lowest BCUT2D eigenvalue weighted by molar-refractivity contribution is 0.102. The summed E-state index contributed by atoms with van der Waals surface area (Å²) in [4.78, 5) is 18.0. The van der Waals surface area contributed by atoms with Crippen LogP contribution in [0.3, 0.4) is 0 Å². The molecular weight excluding hydrogens is 308 g/mol. The van der Waals surface area contributed by atoms with Crippen molar-refractivity contribution < 1.29 is 4.79 Å². The van der Waals surface area contributed by atoms with Gasteiger partial charge in [0.05, 0.1) is 5.69 Å². The third-order valence-electron chi connectivity index (χ3n) is 3.43. The van der Waals surface area contributed by atoms with Crippen LogP contribution in [-0.4, -0.2) is 15.3 Å². The normalized spacial score (nSPS) is 10.4. The Kier molecular flexibility index (Phi) is 4.31. The summed E-state index contributed by atoms with van der Waals surface area (Å²) in [7, 11) is 0. The molecule has 0 spiro atoms. The van der Waals surface area contributed by atoms with Crippen molar-refractivity contribution >= 4 is 29.0 Å². The Balaban J connectivity index is 1.90. The highest BCUT2D eigenvalue weighted by molar-refractivity contribution is 8.03. The topological polar surface area (TPSA) is 70.2 Å². The molecule has 2 aromatic heterocycles. The molecule has 2 heterocycles. The molecule has 0 aliphatic rings. The van der Waals surface area contributed by atoms with Gasteiger partial charge in [0.1, 0.15) is 16.7 Å². The van der Waals surface area contributed by atoms with E-state index in [2.05, 4.69) is 10.3 Å². The van der Waals surface area contributed by atoms with Crippen molar-refractivity contribution in [1.29, 1.82) is 5.26 Å². The van der Waals surface area contributed by atoms with Gasteiger partial charge in [-0.05, 0) is 54.6 Å². The first-order valence-corrected chi connectivity index (χ1v) is 7.98. The number of hydrogen-bond donors (Lipinski definition) is 1. The van der Waals surface area contributed by atoms with Gasteiger partial charge in [0.25, 0.3) is 5.91 Å². The Bertz CT molecular complexity index is 893. The fourth-order valence-electron chi connectivity index (χ4n) is 2.38. The van der Waals surface area contributed by atoms with Gasteiger partial charge in [-0.2, -0.15) is 5.26 Å². The second-order valence-corrected chi connectivity index (χ2v) is 5.72. The number of nitrogens with one attached hydrogen (secondary N) is 1. The Morgan fingerprint density at radius 2 is 2.09 bits per heavy atom. The molecule has 0 saturated carbocycles. The van der Waals surface area contributed by atoms with Gasteiger partial charge in [0.15, 0.2) is 0 Å². The minimum absolute atomic E-state index is 0.193. The summed E-state index contributed by atoms with van der Waals surface area (Å²) in [5, 5.41) is 13.6. The highest BCUT2D eigenvalue weighted by Gasteiger charge is 2.18. The molecular formula is C17H14N4OS. The molecule has 1 amide bonds. The number of imidazole rings is 1. The number of thiocyanates is 1. The smallest absolute Gasteiger partial charge is 0.274 e. The molecule has 1 aromatic carbocycles. The van der Waals surface area contributed by atoms with Crippen LogP contribution in [0.25, 0.3) is 5.65 Å². The highest BCUT2D eigenvalue weighted by atomic mass is 32.2. The summed E-state index contributed by atoms with van der Waals surface area (Å²) in [5.74, 6) is -0.193. The number of amides is 1. The Morgan fingerprint density at radius 3 is 2.78 bits per heavy atom. The van der Waals surface area contributed by atoms with Gasteiger partial charge in [-0.3, -0.25) is 9.20 Å². The maximum atomic E-state index is 12.7. The number of aryl methyl sites for hydroxylation is 1. The predicted molar refractivity (Wildman–Crippen MR) is 90.4 cm³/mol. The lowest BCUT2D eigenvalue weighted by Crippen LogP contribution is -2.16. The summed E-state index contributed by atoms with van der Waals surface area (Å²) in [5.41, 5.74) is 2.77. The number of rotatable bonds is 4. The number of pyridine rings is 1. The minimum atomic E-state index is -0.193. The van der Waals surface area contributed by atoms with Crippen LogP contribution in [0, 0.1) is 10.7 Å². The van der Waals surface area contributed by atoms with Gasteiger partial charge < -0.3 is 5.32 Å². The zero-order valence-electron chi connectivity index (χ0n) is 12.5. The van der Waals surface area contributed by atoms with Gasteiger partial charge in [0.2, 0.25) is 0 Å². The lowest BCUT2D eigenvalue weighted by Gasteiger charge is -2.07. The summed E-state index contributed by atoms with van der Waals surface area (Å²) in [6, 6.07) is 12.8. The first-order chi connectivity index (χ1) is 11.2. The molecule has 0 aliphatic carbocycles. The zero-order chi connectivity index (χ0) is 16.2. The van der Waals surface area contributed by atoms with E-state index in [9.17, 15) is 4.79 Å². The van der Waals surface area contributed by atoms with E-state index in [1.165, 1.54) is 0 Å². The van der Waals surface area contributed by atoms with Crippen LogP contribution >= 0.6 is 11.8 Å². The lowest BCUT2D eigenvalue weighted by atomic mass is 10.2. The number of fused-ring (bicyclic) bond motifs is 1. The van der Waals surface area contributed by atoms with Crippen LogP contribution in [0.4, 0.5) is 5.69 Å². The van der Waals surface area contributed by atoms with E-state index >= 15 is 0 Å². The third-order valence-corrected chi connectivity index (χ3v) is 4.03. The van der Waals surface area contributed by atoms with Gasteiger partial charge in [-0.25, -0.2) is 4.98 Å². The molecule has 0 fully saturated rings. The number of benzene rings is 1. The van der Waals surface area contributed by atoms with Crippen molar-refractivity contribution in [2.24, 2.45) is 0 Å². The Labute approximate surface area is 138 Å². The van der Waals surface area contributed by atoms with E-state index in [0.29, 0.717) is 17.8 Å². The van der Waals surface area contributed by atoms with E-state index in [0.717, 1.165) is 28.0 Å². The fraction of sp³-hybridized carbons (Fsp3) is 0.118. The molecule has 0 unspecified atom stereocenters. The van der Waals surface area contributed by atoms with Crippen molar-refractivity contribution in [1.82, 2.24) is 9.38 Å². The van der Waals surface area contributed by atoms with Crippen molar-refractivity contribution in [3.63, 3.8) is 0 Å². The van der Waals surface area contributed by atoms with Crippen LogP contribution in [0.2, 0.25) is 0 Å². The van der Waals surface area contributed by atoms with Crippen LogP contribution in [0.1, 0.15) is 23.1 Å². The number of anilines is 1. The van der Waals surface area contributed by atoms with Gasteiger partial charge in [0, 0.05) is 16.8 Å². The van der Waals surface area contributed by atoms with Gasteiger partial charge >= 0.3 is 0 Å². The fourth-order valence-corrected chi connectivity index (χ4v) is 2.76. The van der Waals surface area contributed by atoms with E-state index in [4.69, 9.17) is 5.26 Å². The Morgan fingerprint density at radius 1 is 1.30 bits per heavy atom. The van der Waals surface area contributed by atoms with E-state index in [-0.39, 0.29) is 5.91 Å². The first-order valence-electron chi connectivity index (χ1n) is 7.16. The minimum Gasteiger partial charge on any atom is -0.321 e. The van der Waals surface area contributed by atoms with Crippen LogP contribution in [0.15, 0.2) is 53.6 Å². The van der Waals surface area contributed by atoms with E-state index in [1.807, 2.05) is 36.7 Å². The number of thioether (sulfide) groups is 1. The molecule has 6 heteroatoms. The predicted octanol–water partition coefficient (Wildman–Crippen LogP) is 3.72. The molecule has 0 bridgehead atoms. The maximum absolute atomic E-state index is 12.7. The van der Waals surface area contributed by atoms with Crippen LogP contribution < -0.4 is 5.32 Å². The number of carbonyl (C=O) groups excluding carboxylic acids is 1. The average molecular weight is 322 g/mol. The second-order valence-electron chi connectivity index (χ2n) is 4.86. The van der Waals surface area contributed by atoms with Crippen molar-refractivity contribution in [3.8, 4) is 5.40 Å². The molecule has 0 aliphatic heterocycles. The standard InChI is InChI=1S/C17H14N4OS/c1-2-14-16(21-10-4-3-5-15(21)20-14)17(22)19-12-6-8-13(9-7-12)23-11-18/h3-10H,2H2,1H3,(H,19,22). The molecule has 23 heavy (non-hydrogen) atoms. The van der Waals surface area contributed by atoms with Crippen molar-refractivity contribution in [3.05, 3.63) is 60.0 Å². The van der Waals surface area contributed by atoms with Crippen LogP contribution in [0.5, 0.6) is 0 Å². The number of hydrogen-bond acceptors (Lipinski definition) is 4. The average Bonchev–Trinajstić information content (AvgIpc) is 2.95. The number of nitrogens with zero attached hydrogens (tertiary/aromatic N) is 3. The second kappa shape index (κ2) is 6.55. The van der Waals surface area contributed by atoms with E-state index in [1.54, 1.807) is 28.7 Å². The highest BCUT2D eigenvalue weighted by Crippen LogP contribution is 2.20. The molecule has 114 valence electrons. The monoisotopic (exact) mass is 322 g/mol. The molecule has 0 radical (unpaired) electrons. The SMILES string of the molecule is CCc1nc2ccccn2c1C(=O)Nc1ccc(SC#N)cc1. The number of aromatic nitrogens is 2. The molecule has 3 rings (SSSR count). The largest absolute Gasteiger partial charge is 0.321 e. The van der Waals surface area contributed by atoms with E-state index < -0.39 is 0 Å². The molecule has 3 aromatic rings. The molecule has 0 saturated heterocycles. The van der Waals surface area contributed by atoms with Crippen molar-refractivity contribution in [2.75, 3.05) is 5.32 Å². The number of carbonyl (C=O) groups is 1. The first kappa shape index (κ1) is 15.1. The van der Waals surface area contributed by atoms with Crippen LogP contribution in [-0.2, 0) is 6.42 Å². The van der Waals surface area contributed by atoms with Crippen molar-refractivity contribution in [2.45, 2.75) is 18.2 Å². The molecule has 0 atom stereocenters. The Hall–Kier alpha value is -2.78. The van der Waals surface area contributed by atoms with Gasteiger partial charge in [-0.1, -0.05) is 13.0 Å². The third kappa shape index (κ3) is 3.05. The summed E-state index contributed by atoms with van der Waals surface area (Å²) in [6.45, 7) is 1.98. The quantitative estimate of drug-likeness (QED) is 0.587.